The second-order valence-corrected chi connectivity index (χ2v) is 3.47. The fraction of sp³-hybridized carbons (Fsp3) is 0.364. The molecule has 14 heavy (non-hydrogen) atoms. The first-order chi connectivity index (χ1) is 6.81. The predicted molar refractivity (Wildman–Crippen MR) is 54.3 cm³/mol. The molecule has 1 atom stereocenters. The van der Waals surface area contributed by atoms with Crippen molar-refractivity contribution in [2.75, 3.05) is 6.61 Å². The molecule has 3 nitrogen and oxygen atoms in total. The monoisotopic (exact) mass is 191 g/mol. The average molecular weight is 191 g/mol. The number of benzene rings is 1. The maximum Gasteiger partial charge on any atom is 0.156 e. The minimum absolute atomic E-state index is 0.0267. The zero-order valence-electron chi connectivity index (χ0n) is 8.10. The summed E-state index contributed by atoms with van der Waals surface area (Å²) in [5, 5.41) is 12.9. The van der Waals surface area contributed by atoms with Crippen molar-refractivity contribution in [2.45, 2.75) is 19.4 Å². The van der Waals surface area contributed by atoms with Crippen LogP contribution in [0, 0.1) is 6.92 Å². The van der Waals surface area contributed by atoms with E-state index in [1.54, 1.807) is 0 Å². The summed E-state index contributed by atoms with van der Waals surface area (Å²) in [4.78, 5) is 5.06. The molecule has 0 bridgehead atoms. The number of aliphatic hydroxyl groups is 1. The van der Waals surface area contributed by atoms with Gasteiger partial charge in [-0.2, -0.15) is 0 Å². The van der Waals surface area contributed by atoms with Gasteiger partial charge in [0.15, 0.2) is 6.10 Å². The van der Waals surface area contributed by atoms with Crippen LogP contribution >= 0.6 is 0 Å². The Bertz CT molecular complexity index is 360. The Hall–Kier alpha value is -1.35. The molecule has 1 heterocycles. The molecule has 1 aliphatic heterocycles. The van der Waals surface area contributed by atoms with Gasteiger partial charge in [-0.1, -0.05) is 29.4 Å². The third kappa shape index (κ3) is 1.63. The minimum atomic E-state index is -0.162. The van der Waals surface area contributed by atoms with Gasteiger partial charge in [-0.15, -0.1) is 0 Å². The molecule has 2 rings (SSSR count). The molecule has 74 valence electrons. The summed E-state index contributed by atoms with van der Waals surface area (Å²) in [7, 11) is 0. The molecule has 1 aliphatic rings. The fourth-order valence-electron chi connectivity index (χ4n) is 1.58. The first kappa shape index (κ1) is 9.21. The average Bonchev–Trinajstić information content (AvgIpc) is 2.67. The van der Waals surface area contributed by atoms with Crippen LogP contribution in [-0.2, 0) is 4.84 Å². The molecule has 0 aromatic heterocycles. The summed E-state index contributed by atoms with van der Waals surface area (Å²) in [5.74, 6) is 0. The van der Waals surface area contributed by atoms with E-state index in [4.69, 9.17) is 9.94 Å². The Morgan fingerprint density at radius 1 is 1.50 bits per heavy atom. The highest BCUT2D eigenvalue weighted by molar-refractivity contribution is 6.02. The normalized spacial score (nSPS) is 20.4. The zero-order valence-corrected chi connectivity index (χ0v) is 8.10. The van der Waals surface area contributed by atoms with Crippen LogP contribution in [0.5, 0.6) is 0 Å². The Morgan fingerprint density at radius 2 is 2.29 bits per heavy atom. The van der Waals surface area contributed by atoms with Crippen molar-refractivity contribution in [1.82, 2.24) is 0 Å². The van der Waals surface area contributed by atoms with Crippen LogP contribution in [0.3, 0.4) is 0 Å². The predicted octanol–water partition coefficient (Wildman–Crippen LogP) is 1.48. The number of oxime groups is 1. The third-order valence-corrected chi connectivity index (χ3v) is 2.39. The molecular formula is C11H13NO2. The molecule has 0 saturated carbocycles. The van der Waals surface area contributed by atoms with Crippen molar-refractivity contribution in [2.24, 2.45) is 5.16 Å². The standard InChI is InChI=1S/C11H13NO2/c1-8-4-2-3-5-10(8)11-6-9(7-13)14-12-11/h2-5,9,13H,6-7H2,1H3. The van der Waals surface area contributed by atoms with Gasteiger partial charge in [0.05, 0.1) is 12.3 Å². The number of nitrogens with zero attached hydrogens (tertiary/aromatic N) is 1. The van der Waals surface area contributed by atoms with Gasteiger partial charge in [0.1, 0.15) is 0 Å². The summed E-state index contributed by atoms with van der Waals surface area (Å²) >= 11 is 0. The maximum atomic E-state index is 8.90. The fourth-order valence-corrected chi connectivity index (χ4v) is 1.58. The van der Waals surface area contributed by atoms with E-state index in [-0.39, 0.29) is 12.7 Å². The van der Waals surface area contributed by atoms with Crippen LogP contribution in [0.2, 0.25) is 0 Å². The van der Waals surface area contributed by atoms with Crippen molar-refractivity contribution in [3.63, 3.8) is 0 Å². The van der Waals surface area contributed by atoms with E-state index in [0.29, 0.717) is 6.42 Å². The van der Waals surface area contributed by atoms with E-state index in [1.165, 1.54) is 5.56 Å². The van der Waals surface area contributed by atoms with Crippen LogP contribution in [0.15, 0.2) is 29.4 Å². The number of rotatable bonds is 2. The quantitative estimate of drug-likeness (QED) is 0.769. The van der Waals surface area contributed by atoms with Crippen molar-refractivity contribution in [3.05, 3.63) is 35.4 Å². The maximum absolute atomic E-state index is 8.90. The van der Waals surface area contributed by atoms with Gasteiger partial charge in [0.25, 0.3) is 0 Å². The highest BCUT2D eigenvalue weighted by Crippen LogP contribution is 2.18. The van der Waals surface area contributed by atoms with Gasteiger partial charge in [0.2, 0.25) is 0 Å². The molecule has 1 unspecified atom stereocenters. The van der Waals surface area contributed by atoms with Crippen LogP contribution in [0.25, 0.3) is 0 Å². The molecule has 0 fully saturated rings. The molecule has 1 aromatic carbocycles. The molecule has 3 heteroatoms. The minimum Gasteiger partial charge on any atom is -0.392 e. The van der Waals surface area contributed by atoms with Gasteiger partial charge in [-0.25, -0.2) is 0 Å². The summed E-state index contributed by atoms with van der Waals surface area (Å²) in [6, 6.07) is 8.05. The topological polar surface area (TPSA) is 41.8 Å². The lowest BCUT2D eigenvalue weighted by Crippen LogP contribution is -2.13. The van der Waals surface area contributed by atoms with Gasteiger partial charge >= 0.3 is 0 Å². The SMILES string of the molecule is Cc1ccccc1C1=NOC(CO)C1. The third-order valence-electron chi connectivity index (χ3n) is 2.39. The van der Waals surface area contributed by atoms with Crippen LogP contribution in [0.4, 0.5) is 0 Å². The second-order valence-electron chi connectivity index (χ2n) is 3.47. The van der Waals surface area contributed by atoms with Gasteiger partial charge in [-0.05, 0) is 12.5 Å². The summed E-state index contributed by atoms with van der Waals surface area (Å²) in [5.41, 5.74) is 3.24. The van der Waals surface area contributed by atoms with E-state index in [9.17, 15) is 0 Å². The molecule has 0 saturated heterocycles. The molecule has 1 N–H and O–H groups in total. The smallest absolute Gasteiger partial charge is 0.156 e. The highest BCUT2D eigenvalue weighted by atomic mass is 16.6. The Morgan fingerprint density at radius 3 is 2.93 bits per heavy atom. The summed E-state index contributed by atoms with van der Waals surface area (Å²) in [6.07, 6.45) is 0.533. The first-order valence-electron chi connectivity index (χ1n) is 4.71. The Labute approximate surface area is 83.0 Å². The Kier molecular flexibility index (Phi) is 2.50. The van der Waals surface area contributed by atoms with E-state index < -0.39 is 0 Å². The van der Waals surface area contributed by atoms with Gasteiger partial charge in [0, 0.05) is 12.0 Å². The molecule has 0 radical (unpaired) electrons. The van der Waals surface area contributed by atoms with Crippen LogP contribution in [0.1, 0.15) is 17.5 Å². The number of aryl methyl sites for hydroxylation is 1. The van der Waals surface area contributed by atoms with Gasteiger partial charge < -0.3 is 9.94 Å². The lowest BCUT2D eigenvalue weighted by atomic mass is 10.0. The lowest BCUT2D eigenvalue weighted by Gasteiger charge is -2.03. The van der Waals surface area contributed by atoms with E-state index in [1.807, 2.05) is 31.2 Å². The van der Waals surface area contributed by atoms with Crippen molar-refractivity contribution in [3.8, 4) is 0 Å². The molecule has 0 spiro atoms. The Balaban J connectivity index is 2.22. The number of hydrogen-bond donors (Lipinski definition) is 1. The van der Waals surface area contributed by atoms with Crippen molar-refractivity contribution in [1.29, 1.82) is 0 Å². The number of hydrogen-bond acceptors (Lipinski definition) is 3. The second kappa shape index (κ2) is 3.80. The van der Waals surface area contributed by atoms with Crippen molar-refractivity contribution >= 4 is 5.71 Å². The lowest BCUT2D eigenvalue weighted by molar-refractivity contribution is 0.0390. The van der Waals surface area contributed by atoms with E-state index >= 15 is 0 Å². The number of aliphatic hydroxyl groups excluding tert-OH is 1. The summed E-state index contributed by atoms with van der Waals surface area (Å²) in [6.45, 7) is 2.07. The molecule has 1 aromatic rings. The van der Waals surface area contributed by atoms with E-state index in [0.717, 1.165) is 11.3 Å². The largest absolute Gasteiger partial charge is 0.392 e. The molecule has 0 aliphatic carbocycles. The summed E-state index contributed by atoms with van der Waals surface area (Å²) < 4.78 is 0. The zero-order chi connectivity index (χ0) is 9.97. The van der Waals surface area contributed by atoms with E-state index in [2.05, 4.69) is 5.16 Å². The van der Waals surface area contributed by atoms with Gasteiger partial charge in [-0.3, -0.25) is 0 Å². The molecular weight excluding hydrogens is 178 g/mol. The first-order valence-corrected chi connectivity index (χ1v) is 4.71. The molecule has 0 amide bonds. The van der Waals surface area contributed by atoms with Crippen LogP contribution in [-0.4, -0.2) is 23.5 Å². The van der Waals surface area contributed by atoms with Crippen LogP contribution < -0.4 is 0 Å². The van der Waals surface area contributed by atoms with Crippen molar-refractivity contribution < 1.29 is 9.94 Å². The highest BCUT2D eigenvalue weighted by Gasteiger charge is 2.21.